The third-order valence-corrected chi connectivity index (χ3v) is 3.63. The Morgan fingerprint density at radius 2 is 1.85 bits per heavy atom. The van der Waals surface area contributed by atoms with Crippen molar-refractivity contribution in [3.05, 3.63) is 29.3 Å². The Balaban J connectivity index is 2.19. The lowest BCUT2D eigenvalue weighted by atomic mass is 10.1. The molecule has 4 nitrogen and oxygen atoms in total. The van der Waals surface area contributed by atoms with Gasteiger partial charge in [0, 0.05) is 38.4 Å². The Bertz CT molecular complexity index is 489. The number of anilines is 1. The zero-order valence-electron chi connectivity index (χ0n) is 13.0. The van der Waals surface area contributed by atoms with Gasteiger partial charge >= 0.3 is 0 Å². The normalized spacial score (nSPS) is 22.8. The molecule has 1 aromatic rings. The SMILES string of the molecule is Cc1cc(C(=O)N2CC(C)OC(C)C2)ccc1N(C)C. The number of hydrogen-bond donors (Lipinski definition) is 0. The summed E-state index contributed by atoms with van der Waals surface area (Å²) < 4.78 is 5.68. The second kappa shape index (κ2) is 5.83. The van der Waals surface area contributed by atoms with Gasteiger partial charge in [0.25, 0.3) is 5.91 Å². The van der Waals surface area contributed by atoms with Crippen molar-refractivity contribution in [2.45, 2.75) is 33.0 Å². The van der Waals surface area contributed by atoms with Crippen LogP contribution in [0.15, 0.2) is 18.2 Å². The van der Waals surface area contributed by atoms with Crippen LogP contribution in [0, 0.1) is 6.92 Å². The molecule has 2 atom stereocenters. The van der Waals surface area contributed by atoms with Crippen LogP contribution in [-0.2, 0) is 4.74 Å². The molecule has 1 aliphatic heterocycles. The summed E-state index contributed by atoms with van der Waals surface area (Å²) in [6, 6.07) is 5.90. The topological polar surface area (TPSA) is 32.8 Å². The number of carbonyl (C=O) groups excluding carboxylic acids is 1. The second-order valence-corrected chi connectivity index (χ2v) is 5.86. The highest BCUT2D eigenvalue weighted by molar-refractivity contribution is 5.95. The third kappa shape index (κ3) is 3.12. The summed E-state index contributed by atoms with van der Waals surface area (Å²) in [7, 11) is 4.02. The van der Waals surface area contributed by atoms with Crippen molar-refractivity contribution in [1.82, 2.24) is 4.90 Å². The number of hydrogen-bond acceptors (Lipinski definition) is 3. The summed E-state index contributed by atoms with van der Waals surface area (Å²) in [5.74, 6) is 0.0976. The minimum absolute atomic E-state index is 0.0976. The van der Waals surface area contributed by atoms with Crippen LogP contribution in [0.5, 0.6) is 0 Å². The molecule has 0 aliphatic carbocycles. The van der Waals surface area contributed by atoms with Crippen molar-refractivity contribution in [2.75, 3.05) is 32.1 Å². The molecule has 2 unspecified atom stereocenters. The van der Waals surface area contributed by atoms with Crippen molar-refractivity contribution in [3.8, 4) is 0 Å². The molecule has 0 saturated carbocycles. The van der Waals surface area contributed by atoms with Gasteiger partial charge in [-0.1, -0.05) is 0 Å². The molecular weight excluding hydrogens is 252 g/mol. The molecule has 2 rings (SSSR count). The van der Waals surface area contributed by atoms with Crippen molar-refractivity contribution in [2.24, 2.45) is 0 Å². The van der Waals surface area contributed by atoms with Gasteiger partial charge in [0.1, 0.15) is 0 Å². The van der Waals surface area contributed by atoms with E-state index in [0.29, 0.717) is 13.1 Å². The van der Waals surface area contributed by atoms with Gasteiger partial charge in [-0.15, -0.1) is 0 Å². The molecule has 0 aromatic heterocycles. The highest BCUT2D eigenvalue weighted by Crippen LogP contribution is 2.21. The smallest absolute Gasteiger partial charge is 0.254 e. The molecule has 4 heteroatoms. The molecule has 0 radical (unpaired) electrons. The van der Waals surface area contributed by atoms with Crippen molar-refractivity contribution in [3.63, 3.8) is 0 Å². The first-order valence-electron chi connectivity index (χ1n) is 7.11. The number of nitrogens with zero attached hydrogens (tertiary/aromatic N) is 2. The number of rotatable bonds is 2. The summed E-state index contributed by atoms with van der Waals surface area (Å²) in [4.78, 5) is 16.5. The average molecular weight is 276 g/mol. The molecule has 1 aromatic carbocycles. The first-order chi connectivity index (χ1) is 9.38. The standard InChI is InChI=1S/C16H24N2O2/c1-11-8-14(6-7-15(11)17(4)5)16(19)18-9-12(2)20-13(3)10-18/h6-8,12-13H,9-10H2,1-5H3. The van der Waals surface area contributed by atoms with E-state index < -0.39 is 0 Å². The van der Waals surface area contributed by atoms with E-state index >= 15 is 0 Å². The van der Waals surface area contributed by atoms with Gasteiger partial charge in [0.05, 0.1) is 12.2 Å². The van der Waals surface area contributed by atoms with Crippen LogP contribution >= 0.6 is 0 Å². The van der Waals surface area contributed by atoms with Crippen molar-refractivity contribution < 1.29 is 9.53 Å². The van der Waals surface area contributed by atoms with E-state index in [2.05, 4.69) is 4.90 Å². The maximum absolute atomic E-state index is 12.6. The Hall–Kier alpha value is -1.55. The average Bonchev–Trinajstić information content (AvgIpc) is 2.36. The summed E-state index contributed by atoms with van der Waals surface area (Å²) in [6.07, 6.45) is 0.203. The highest BCUT2D eigenvalue weighted by Gasteiger charge is 2.26. The van der Waals surface area contributed by atoms with Crippen LogP contribution in [0.1, 0.15) is 29.8 Å². The molecule has 1 heterocycles. The van der Waals surface area contributed by atoms with E-state index in [1.54, 1.807) is 0 Å². The maximum Gasteiger partial charge on any atom is 0.254 e. The van der Waals surface area contributed by atoms with E-state index in [9.17, 15) is 4.79 Å². The van der Waals surface area contributed by atoms with Crippen LogP contribution in [0.2, 0.25) is 0 Å². The predicted octanol–water partition coefficient (Wildman–Crippen LogP) is 2.31. The predicted molar refractivity (Wildman–Crippen MR) is 81.4 cm³/mol. The number of morpholine rings is 1. The summed E-state index contributed by atoms with van der Waals surface area (Å²) in [6.45, 7) is 7.39. The van der Waals surface area contributed by atoms with Gasteiger partial charge < -0.3 is 14.5 Å². The van der Waals surface area contributed by atoms with Crippen LogP contribution in [0.25, 0.3) is 0 Å². The quantitative estimate of drug-likeness (QED) is 0.831. The lowest BCUT2D eigenvalue weighted by Gasteiger charge is -2.35. The largest absolute Gasteiger partial charge is 0.377 e. The van der Waals surface area contributed by atoms with E-state index in [1.807, 2.05) is 58.0 Å². The van der Waals surface area contributed by atoms with Gasteiger partial charge in [-0.05, 0) is 44.5 Å². The van der Waals surface area contributed by atoms with E-state index in [4.69, 9.17) is 4.74 Å². The van der Waals surface area contributed by atoms with E-state index in [0.717, 1.165) is 16.8 Å². The fraction of sp³-hybridized carbons (Fsp3) is 0.562. The number of amides is 1. The highest BCUT2D eigenvalue weighted by atomic mass is 16.5. The Morgan fingerprint density at radius 3 is 2.35 bits per heavy atom. The zero-order chi connectivity index (χ0) is 14.9. The van der Waals surface area contributed by atoms with Gasteiger partial charge in [-0.3, -0.25) is 4.79 Å². The first-order valence-corrected chi connectivity index (χ1v) is 7.11. The minimum Gasteiger partial charge on any atom is -0.377 e. The molecule has 1 amide bonds. The minimum atomic E-state index is 0.0976. The number of carbonyl (C=O) groups is 1. The Morgan fingerprint density at radius 1 is 1.25 bits per heavy atom. The van der Waals surface area contributed by atoms with E-state index in [1.165, 1.54) is 0 Å². The molecule has 0 bridgehead atoms. The molecule has 0 spiro atoms. The summed E-state index contributed by atoms with van der Waals surface area (Å²) in [5, 5.41) is 0. The van der Waals surface area contributed by atoms with Crippen LogP contribution in [0.3, 0.4) is 0 Å². The van der Waals surface area contributed by atoms with Crippen molar-refractivity contribution >= 4 is 11.6 Å². The summed E-state index contributed by atoms with van der Waals surface area (Å²) >= 11 is 0. The monoisotopic (exact) mass is 276 g/mol. The van der Waals surface area contributed by atoms with Crippen LogP contribution < -0.4 is 4.90 Å². The molecule has 1 saturated heterocycles. The van der Waals surface area contributed by atoms with Crippen LogP contribution in [-0.4, -0.2) is 50.2 Å². The molecule has 0 N–H and O–H groups in total. The van der Waals surface area contributed by atoms with Gasteiger partial charge in [-0.2, -0.15) is 0 Å². The fourth-order valence-corrected chi connectivity index (χ4v) is 2.82. The number of benzene rings is 1. The fourth-order valence-electron chi connectivity index (χ4n) is 2.82. The Kier molecular flexibility index (Phi) is 4.33. The maximum atomic E-state index is 12.6. The van der Waals surface area contributed by atoms with Gasteiger partial charge in [0.2, 0.25) is 0 Å². The van der Waals surface area contributed by atoms with Crippen LogP contribution in [0.4, 0.5) is 5.69 Å². The number of aryl methyl sites for hydroxylation is 1. The molecule has 1 aliphatic rings. The molecular formula is C16H24N2O2. The summed E-state index contributed by atoms with van der Waals surface area (Å²) in [5.41, 5.74) is 3.02. The third-order valence-electron chi connectivity index (χ3n) is 3.63. The lowest BCUT2D eigenvalue weighted by Crippen LogP contribution is -2.48. The Labute approximate surface area is 121 Å². The molecule has 1 fully saturated rings. The lowest BCUT2D eigenvalue weighted by molar-refractivity contribution is -0.0586. The first kappa shape index (κ1) is 14.9. The van der Waals surface area contributed by atoms with Gasteiger partial charge in [-0.25, -0.2) is 0 Å². The second-order valence-electron chi connectivity index (χ2n) is 5.86. The molecule has 20 heavy (non-hydrogen) atoms. The molecule has 110 valence electrons. The van der Waals surface area contributed by atoms with E-state index in [-0.39, 0.29) is 18.1 Å². The zero-order valence-corrected chi connectivity index (χ0v) is 13.0. The van der Waals surface area contributed by atoms with Crippen molar-refractivity contribution in [1.29, 1.82) is 0 Å². The van der Waals surface area contributed by atoms with Gasteiger partial charge in [0.15, 0.2) is 0 Å². The number of ether oxygens (including phenoxy) is 1.